The van der Waals surface area contributed by atoms with E-state index in [1.165, 1.54) is 25.3 Å². The highest BCUT2D eigenvalue weighted by atomic mass is 35.5. The summed E-state index contributed by atoms with van der Waals surface area (Å²) in [5, 5.41) is 6.28. The molecular weight excluding hydrogens is 602 g/mol. The van der Waals surface area contributed by atoms with E-state index in [2.05, 4.69) is 10.6 Å². The molecule has 1 fully saturated rings. The molecule has 8 nitrogen and oxygen atoms in total. The van der Waals surface area contributed by atoms with Crippen LogP contribution in [0.25, 0.3) is 11.1 Å². The number of amides is 2. The molecule has 3 aromatic rings. The largest absolute Gasteiger partial charge is 0.494 e. The molecule has 240 valence electrons. The van der Waals surface area contributed by atoms with Gasteiger partial charge in [0, 0.05) is 53.7 Å². The van der Waals surface area contributed by atoms with E-state index in [4.69, 9.17) is 32.5 Å². The molecule has 3 aromatic carbocycles. The fraction of sp³-hybridized carbons (Fsp3) is 0.412. The van der Waals surface area contributed by atoms with Gasteiger partial charge >= 0.3 is 0 Å². The van der Waals surface area contributed by atoms with Crippen molar-refractivity contribution in [3.05, 3.63) is 81.9 Å². The summed E-state index contributed by atoms with van der Waals surface area (Å²) in [4.78, 5) is 25.1. The van der Waals surface area contributed by atoms with E-state index < -0.39 is 29.1 Å². The predicted octanol–water partition coefficient (Wildman–Crippen LogP) is 5.40. The van der Waals surface area contributed by atoms with Crippen LogP contribution < -0.4 is 31.6 Å². The number of fused-ring (bicyclic) bond motifs is 1. The van der Waals surface area contributed by atoms with E-state index in [-0.39, 0.29) is 51.1 Å². The molecule has 45 heavy (non-hydrogen) atoms. The van der Waals surface area contributed by atoms with Crippen molar-refractivity contribution in [1.82, 2.24) is 10.6 Å². The molecule has 11 heteroatoms. The van der Waals surface area contributed by atoms with E-state index in [0.29, 0.717) is 25.2 Å². The Labute approximate surface area is 266 Å². The third-order valence-corrected chi connectivity index (χ3v) is 9.55. The number of hydrogen-bond donors (Lipinski definition) is 4. The Morgan fingerprint density at radius 3 is 2.44 bits per heavy atom. The number of carbonyl (C=O) groups excluding carboxylic acids is 2. The molecule has 1 heterocycles. The molecule has 0 radical (unpaired) electrons. The Hall–Kier alpha value is -3.73. The second-order valence-electron chi connectivity index (χ2n) is 11.8. The van der Waals surface area contributed by atoms with E-state index in [1.807, 2.05) is 37.3 Å². The Morgan fingerprint density at radius 2 is 1.80 bits per heavy atom. The normalized spacial score (nSPS) is 22.4. The van der Waals surface area contributed by atoms with E-state index in [1.54, 1.807) is 0 Å². The van der Waals surface area contributed by atoms with Crippen LogP contribution in [0.5, 0.6) is 11.5 Å². The van der Waals surface area contributed by atoms with Crippen molar-refractivity contribution < 1.29 is 27.8 Å². The van der Waals surface area contributed by atoms with Crippen LogP contribution in [0.2, 0.25) is 5.02 Å². The SMILES string of the molecule is COc1ccc(C(N)=O)c(-c2c(Cl)c(F)cc3c2[C@H](C)[C@@](CNC2CCC(C(=O)NCCCN)CC2)(c2ccccc2)O3)c1F. The summed E-state index contributed by atoms with van der Waals surface area (Å²) in [5.41, 5.74) is 11.1. The van der Waals surface area contributed by atoms with Gasteiger partial charge in [-0.3, -0.25) is 9.59 Å². The van der Waals surface area contributed by atoms with Crippen molar-refractivity contribution in [1.29, 1.82) is 0 Å². The van der Waals surface area contributed by atoms with Gasteiger partial charge in [0.1, 0.15) is 11.6 Å². The molecule has 0 bridgehead atoms. The molecular formula is C34H39ClF2N4O4. The lowest BCUT2D eigenvalue weighted by molar-refractivity contribution is -0.126. The molecule has 5 rings (SSSR count). The standard InChI is InChI=1S/C34H39ClF2N4O4/c1-19-27-26(17-24(36)30(35)29(27)28-23(32(39)42)13-14-25(44-2)31(28)37)45-34(19,21-7-4-3-5-8-21)18-41-22-11-9-20(10-12-22)33(43)40-16-6-15-38/h3-5,7-8,13-14,17,19-20,22,41H,6,9-12,15-16,18,38H2,1-2H3,(H2,39,42)(H,40,43)/t19-,20?,22?,34-/m0/s1. The molecule has 2 aliphatic rings. The van der Waals surface area contributed by atoms with Gasteiger partial charge in [-0.15, -0.1) is 0 Å². The van der Waals surface area contributed by atoms with Crippen molar-refractivity contribution in [2.45, 2.75) is 56.6 Å². The van der Waals surface area contributed by atoms with E-state index >= 15 is 8.78 Å². The lowest BCUT2D eigenvalue weighted by Gasteiger charge is -2.37. The van der Waals surface area contributed by atoms with E-state index in [9.17, 15) is 9.59 Å². The summed E-state index contributed by atoms with van der Waals surface area (Å²) in [6.45, 7) is 3.37. The second-order valence-corrected chi connectivity index (χ2v) is 12.1. The number of ether oxygens (including phenoxy) is 2. The molecule has 0 aromatic heterocycles. The summed E-state index contributed by atoms with van der Waals surface area (Å²) >= 11 is 6.59. The first-order chi connectivity index (χ1) is 21.6. The van der Waals surface area contributed by atoms with Crippen LogP contribution >= 0.6 is 11.6 Å². The van der Waals surface area contributed by atoms with Gasteiger partial charge in [-0.25, -0.2) is 8.78 Å². The van der Waals surface area contributed by atoms with Gasteiger partial charge < -0.3 is 31.6 Å². The molecule has 1 aliphatic heterocycles. The molecule has 1 saturated carbocycles. The average molecular weight is 641 g/mol. The summed E-state index contributed by atoms with van der Waals surface area (Å²) in [6.07, 6.45) is 3.83. The Morgan fingerprint density at radius 1 is 1.09 bits per heavy atom. The number of benzene rings is 3. The highest BCUT2D eigenvalue weighted by Crippen LogP contribution is 2.56. The second kappa shape index (κ2) is 13.7. The number of hydrogen-bond acceptors (Lipinski definition) is 6. The summed E-state index contributed by atoms with van der Waals surface area (Å²) < 4.78 is 43.3. The maximum Gasteiger partial charge on any atom is 0.249 e. The first kappa shape index (κ1) is 32.7. The van der Waals surface area contributed by atoms with Crippen LogP contribution in [-0.4, -0.2) is 44.6 Å². The number of methoxy groups -OCH3 is 1. The van der Waals surface area contributed by atoms with Gasteiger partial charge in [0.2, 0.25) is 11.8 Å². The Bertz CT molecular complexity index is 1570. The van der Waals surface area contributed by atoms with Gasteiger partial charge in [0.05, 0.1) is 17.7 Å². The molecule has 0 unspecified atom stereocenters. The fourth-order valence-corrected chi connectivity index (χ4v) is 6.94. The number of primary amides is 1. The zero-order valence-electron chi connectivity index (χ0n) is 25.4. The summed E-state index contributed by atoms with van der Waals surface area (Å²) in [5.74, 6) is -3.00. The zero-order chi connectivity index (χ0) is 32.3. The van der Waals surface area contributed by atoms with Crippen molar-refractivity contribution in [3.8, 4) is 22.6 Å². The lowest BCUT2D eigenvalue weighted by Crippen LogP contribution is -2.48. The smallest absolute Gasteiger partial charge is 0.249 e. The number of rotatable bonds is 11. The number of nitrogens with one attached hydrogen (secondary N) is 2. The quantitative estimate of drug-likeness (QED) is 0.208. The van der Waals surface area contributed by atoms with Crippen molar-refractivity contribution in [2.75, 3.05) is 26.7 Å². The third-order valence-electron chi connectivity index (χ3n) is 9.18. The highest BCUT2D eigenvalue weighted by molar-refractivity contribution is 6.34. The van der Waals surface area contributed by atoms with Crippen molar-refractivity contribution in [3.63, 3.8) is 0 Å². The minimum atomic E-state index is -1.03. The minimum Gasteiger partial charge on any atom is -0.494 e. The maximum absolute atomic E-state index is 16.0. The monoisotopic (exact) mass is 640 g/mol. The van der Waals surface area contributed by atoms with Crippen molar-refractivity contribution >= 4 is 23.4 Å². The molecule has 2 amide bonds. The molecule has 1 aliphatic carbocycles. The van der Waals surface area contributed by atoms with Crippen LogP contribution in [-0.2, 0) is 10.4 Å². The zero-order valence-corrected chi connectivity index (χ0v) is 26.2. The van der Waals surface area contributed by atoms with Gasteiger partial charge in [-0.05, 0) is 56.3 Å². The third kappa shape index (κ3) is 6.23. The molecule has 2 atom stereocenters. The first-order valence-electron chi connectivity index (χ1n) is 15.3. The maximum atomic E-state index is 16.0. The van der Waals surface area contributed by atoms with Crippen LogP contribution in [0.4, 0.5) is 8.78 Å². The Kier molecular flexibility index (Phi) is 9.96. The van der Waals surface area contributed by atoms with Gasteiger partial charge in [0.25, 0.3) is 0 Å². The molecule has 0 saturated heterocycles. The summed E-state index contributed by atoms with van der Waals surface area (Å²) in [7, 11) is 1.29. The number of nitrogens with two attached hydrogens (primary N) is 2. The minimum absolute atomic E-state index is 0.00308. The van der Waals surface area contributed by atoms with Gasteiger partial charge in [-0.2, -0.15) is 0 Å². The van der Waals surface area contributed by atoms with Crippen LogP contribution in [0.3, 0.4) is 0 Å². The van der Waals surface area contributed by atoms with Crippen molar-refractivity contribution in [2.24, 2.45) is 17.4 Å². The highest BCUT2D eigenvalue weighted by Gasteiger charge is 2.50. The average Bonchev–Trinajstić information content (AvgIpc) is 3.32. The molecule has 6 N–H and O–H groups in total. The van der Waals surface area contributed by atoms with E-state index in [0.717, 1.165) is 37.7 Å². The lowest BCUT2D eigenvalue weighted by atomic mass is 9.77. The van der Waals surface area contributed by atoms with Crippen LogP contribution in [0.15, 0.2) is 48.5 Å². The summed E-state index contributed by atoms with van der Waals surface area (Å²) in [6, 6.07) is 13.5. The topological polar surface area (TPSA) is 129 Å². The fourth-order valence-electron chi connectivity index (χ4n) is 6.69. The van der Waals surface area contributed by atoms with Crippen LogP contribution in [0.1, 0.15) is 66.4 Å². The number of halogens is 3. The van der Waals surface area contributed by atoms with Gasteiger partial charge in [0.15, 0.2) is 17.2 Å². The van der Waals surface area contributed by atoms with Gasteiger partial charge in [-0.1, -0.05) is 48.9 Å². The Balaban J connectivity index is 1.50. The number of carbonyl (C=O) groups is 2. The van der Waals surface area contributed by atoms with Crippen LogP contribution in [0, 0.1) is 17.6 Å². The first-order valence-corrected chi connectivity index (χ1v) is 15.6. The predicted molar refractivity (Wildman–Crippen MR) is 169 cm³/mol. The molecule has 0 spiro atoms.